The van der Waals surface area contributed by atoms with Crippen LogP contribution in [0.4, 0.5) is 0 Å². The van der Waals surface area contributed by atoms with Crippen molar-refractivity contribution in [2.24, 2.45) is 0 Å². The maximum atomic E-state index is 12.2. The first-order valence-corrected chi connectivity index (χ1v) is 6.63. The summed E-state index contributed by atoms with van der Waals surface area (Å²) in [7, 11) is 0. The Morgan fingerprint density at radius 1 is 1.05 bits per heavy atom. The zero-order chi connectivity index (χ0) is 14.4. The Kier molecular flexibility index (Phi) is 4.98. The molecule has 2 rings (SSSR count). The molecule has 20 heavy (non-hydrogen) atoms. The number of para-hydroxylation sites is 1. The molecule has 2 atom stereocenters. The number of ether oxygens (including phenoxy) is 1. The zero-order valence-corrected chi connectivity index (χ0v) is 11.5. The van der Waals surface area contributed by atoms with Crippen LogP contribution in [0, 0.1) is 0 Å². The van der Waals surface area contributed by atoms with Crippen LogP contribution in [0.25, 0.3) is 0 Å². The van der Waals surface area contributed by atoms with Crippen LogP contribution in [0.5, 0.6) is 5.75 Å². The van der Waals surface area contributed by atoms with E-state index >= 15 is 0 Å². The van der Waals surface area contributed by atoms with Gasteiger partial charge in [0.05, 0.1) is 5.92 Å². The molecule has 0 fully saturated rings. The van der Waals surface area contributed by atoms with Gasteiger partial charge in [0.25, 0.3) is 6.29 Å². The van der Waals surface area contributed by atoms with Gasteiger partial charge >= 0.3 is 0 Å². The number of Topliss-reactive ketones (excluding diaryl/α,β-unsaturated/α-hetero) is 1. The van der Waals surface area contributed by atoms with Crippen molar-refractivity contribution < 1.29 is 14.6 Å². The van der Waals surface area contributed by atoms with E-state index < -0.39 is 18.0 Å². The number of thiocarbonyl (C=S) groups is 1. The second kappa shape index (κ2) is 6.93. The zero-order valence-electron chi connectivity index (χ0n) is 10.7. The second-order valence-electron chi connectivity index (χ2n) is 4.21. The summed E-state index contributed by atoms with van der Waals surface area (Å²) in [6.45, 7) is 0. The molecule has 0 aliphatic carbocycles. The van der Waals surface area contributed by atoms with Crippen LogP contribution >= 0.6 is 12.2 Å². The van der Waals surface area contributed by atoms with Gasteiger partial charge in [0, 0.05) is 0 Å². The van der Waals surface area contributed by atoms with E-state index in [-0.39, 0.29) is 0 Å². The lowest BCUT2D eigenvalue weighted by Gasteiger charge is -2.17. The van der Waals surface area contributed by atoms with Gasteiger partial charge in [0.15, 0.2) is 0 Å². The molecule has 0 saturated carbocycles. The van der Waals surface area contributed by atoms with E-state index in [1.807, 2.05) is 24.3 Å². The highest BCUT2D eigenvalue weighted by molar-refractivity contribution is 7.79. The fraction of sp³-hybridized carbons (Fsp3) is 0.125. The third-order valence-corrected chi connectivity index (χ3v) is 3.11. The number of carbonyl (C=O) groups excluding carboxylic acids is 1. The van der Waals surface area contributed by atoms with Gasteiger partial charge in [-0.2, -0.15) is 0 Å². The van der Waals surface area contributed by atoms with Crippen molar-refractivity contribution >= 4 is 23.4 Å². The fourth-order valence-electron chi connectivity index (χ4n) is 1.81. The van der Waals surface area contributed by atoms with Crippen molar-refractivity contribution in [2.75, 3.05) is 0 Å². The Hall–Kier alpha value is -2.04. The Morgan fingerprint density at radius 3 is 2.15 bits per heavy atom. The predicted molar refractivity (Wildman–Crippen MR) is 80.9 cm³/mol. The third-order valence-electron chi connectivity index (χ3n) is 2.84. The molecule has 0 aliphatic heterocycles. The SMILES string of the molecule is O=C(C(O)Oc1ccccc1)C(C=S)c1ccccc1. The van der Waals surface area contributed by atoms with Crippen molar-refractivity contribution in [2.45, 2.75) is 12.2 Å². The Labute approximate surface area is 122 Å². The molecular formula is C16H14O3S. The van der Waals surface area contributed by atoms with E-state index in [0.29, 0.717) is 5.75 Å². The Bertz CT molecular complexity index is 569. The van der Waals surface area contributed by atoms with Gasteiger partial charge in [-0.05, 0) is 23.1 Å². The minimum atomic E-state index is -1.54. The molecule has 0 spiro atoms. The number of aliphatic hydroxyl groups is 1. The highest BCUT2D eigenvalue weighted by Gasteiger charge is 2.26. The molecular weight excluding hydrogens is 272 g/mol. The maximum absolute atomic E-state index is 12.2. The van der Waals surface area contributed by atoms with Gasteiger partial charge in [0.1, 0.15) is 5.75 Å². The van der Waals surface area contributed by atoms with Gasteiger partial charge in [-0.15, -0.1) is 0 Å². The molecule has 102 valence electrons. The lowest BCUT2D eigenvalue weighted by atomic mass is 9.96. The number of carbonyl (C=O) groups is 1. The highest BCUT2D eigenvalue weighted by atomic mass is 32.1. The van der Waals surface area contributed by atoms with Gasteiger partial charge in [-0.25, -0.2) is 0 Å². The normalized spacial score (nSPS) is 13.2. The number of hydrogen-bond acceptors (Lipinski definition) is 4. The van der Waals surface area contributed by atoms with Gasteiger partial charge in [-0.1, -0.05) is 60.7 Å². The number of benzene rings is 2. The molecule has 0 aromatic heterocycles. The first-order valence-electron chi connectivity index (χ1n) is 6.16. The van der Waals surface area contributed by atoms with Crippen molar-refractivity contribution in [1.29, 1.82) is 0 Å². The van der Waals surface area contributed by atoms with Crippen molar-refractivity contribution in [3.8, 4) is 5.75 Å². The molecule has 2 aromatic carbocycles. The van der Waals surface area contributed by atoms with Crippen molar-refractivity contribution in [3.63, 3.8) is 0 Å². The quantitative estimate of drug-likeness (QED) is 0.655. The van der Waals surface area contributed by atoms with E-state index in [9.17, 15) is 9.90 Å². The van der Waals surface area contributed by atoms with Crippen LogP contribution < -0.4 is 4.74 Å². The van der Waals surface area contributed by atoms with E-state index in [1.54, 1.807) is 36.4 Å². The minimum Gasteiger partial charge on any atom is -0.458 e. The number of ketones is 1. The molecule has 0 radical (unpaired) electrons. The minimum absolute atomic E-state index is 0.435. The summed E-state index contributed by atoms with van der Waals surface area (Å²) in [5.74, 6) is -0.704. The maximum Gasteiger partial charge on any atom is 0.258 e. The van der Waals surface area contributed by atoms with Crippen LogP contribution in [0.3, 0.4) is 0 Å². The van der Waals surface area contributed by atoms with Crippen molar-refractivity contribution in [3.05, 3.63) is 66.2 Å². The smallest absolute Gasteiger partial charge is 0.258 e. The molecule has 0 aliphatic rings. The van der Waals surface area contributed by atoms with Gasteiger partial charge < -0.3 is 9.84 Å². The monoisotopic (exact) mass is 286 g/mol. The summed E-state index contributed by atoms with van der Waals surface area (Å²) in [5.41, 5.74) is 0.739. The van der Waals surface area contributed by atoms with Crippen LogP contribution in [-0.4, -0.2) is 22.5 Å². The summed E-state index contributed by atoms with van der Waals surface area (Å²) >= 11 is 4.90. The molecule has 2 unspecified atom stereocenters. The fourth-order valence-corrected chi connectivity index (χ4v) is 2.10. The number of rotatable bonds is 6. The topological polar surface area (TPSA) is 46.5 Å². The number of aliphatic hydroxyl groups excluding tert-OH is 1. The summed E-state index contributed by atoms with van der Waals surface area (Å²) in [6.07, 6.45) is -1.54. The molecule has 0 bridgehead atoms. The van der Waals surface area contributed by atoms with Crippen LogP contribution in [0.15, 0.2) is 60.7 Å². The first-order chi connectivity index (χ1) is 9.72. The Morgan fingerprint density at radius 2 is 1.60 bits per heavy atom. The average molecular weight is 286 g/mol. The Balaban J connectivity index is 2.11. The predicted octanol–water partition coefficient (Wildman–Crippen LogP) is 2.74. The van der Waals surface area contributed by atoms with Crippen LogP contribution in [-0.2, 0) is 4.79 Å². The largest absolute Gasteiger partial charge is 0.458 e. The number of hydrogen-bond donors (Lipinski definition) is 1. The molecule has 0 saturated heterocycles. The van der Waals surface area contributed by atoms with Gasteiger partial charge in [0.2, 0.25) is 5.78 Å². The molecule has 1 N–H and O–H groups in total. The molecule has 0 heterocycles. The molecule has 4 heteroatoms. The molecule has 0 amide bonds. The summed E-state index contributed by atoms with van der Waals surface area (Å²) in [4.78, 5) is 12.2. The lowest BCUT2D eigenvalue weighted by molar-refractivity contribution is -0.141. The van der Waals surface area contributed by atoms with E-state index in [1.165, 1.54) is 5.37 Å². The third kappa shape index (κ3) is 3.50. The lowest BCUT2D eigenvalue weighted by Crippen LogP contribution is -2.32. The molecule has 3 nitrogen and oxygen atoms in total. The summed E-state index contributed by atoms with van der Waals surface area (Å²) < 4.78 is 5.22. The van der Waals surface area contributed by atoms with E-state index in [0.717, 1.165) is 5.56 Å². The standard InChI is InChI=1S/C16H14O3S/c17-15(14(11-20)12-7-3-1-4-8-12)16(18)19-13-9-5-2-6-10-13/h1-11,14,16,18H. The second-order valence-corrected chi connectivity index (χ2v) is 4.48. The first kappa shape index (κ1) is 14.4. The van der Waals surface area contributed by atoms with Crippen molar-refractivity contribution in [1.82, 2.24) is 0 Å². The van der Waals surface area contributed by atoms with Gasteiger partial charge in [-0.3, -0.25) is 4.79 Å². The average Bonchev–Trinajstić information content (AvgIpc) is 2.50. The van der Waals surface area contributed by atoms with E-state index in [2.05, 4.69) is 0 Å². The van der Waals surface area contributed by atoms with E-state index in [4.69, 9.17) is 17.0 Å². The summed E-state index contributed by atoms with van der Waals surface area (Å²) in [5, 5.41) is 11.2. The molecule has 2 aromatic rings. The van der Waals surface area contributed by atoms with Crippen LogP contribution in [0.1, 0.15) is 11.5 Å². The highest BCUT2D eigenvalue weighted by Crippen LogP contribution is 2.18. The summed E-state index contributed by atoms with van der Waals surface area (Å²) in [6, 6.07) is 17.8. The van der Waals surface area contributed by atoms with Crippen LogP contribution in [0.2, 0.25) is 0 Å².